The number of unbranched alkanes of at least 4 members (excludes halogenated alkanes) is 3. The zero-order chi connectivity index (χ0) is 25.5. The summed E-state index contributed by atoms with van der Waals surface area (Å²) in [5, 5.41) is 0. The molecule has 0 N–H and O–H groups in total. The number of aryl methyl sites for hydroxylation is 2. The third kappa shape index (κ3) is 4.85. The van der Waals surface area contributed by atoms with Gasteiger partial charge >= 0.3 is 0 Å². The first-order valence-corrected chi connectivity index (χ1v) is 16.8. The zero-order valence-electron chi connectivity index (χ0n) is 20.2. The number of rotatable bonds is 8. The highest BCUT2D eigenvalue weighted by Crippen LogP contribution is 2.44. The topological polar surface area (TPSA) is 51.6 Å². The van der Waals surface area contributed by atoms with Gasteiger partial charge in [-0.2, -0.15) is 17.5 Å². The van der Waals surface area contributed by atoms with Crippen LogP contribution >= 0.6 is 78.0 Å². The molecule has 0 saturated heterocycles. The maximum atomic E-state index is 4.77. The maximum absolute atomic E-state index is 4.77. The summed E-state index contributed by atoms with van der Waals surface area (Å²) in [6.07, 6.45) is 6.11. The van der Waals surface area contributed by atoms with Crippen molar-refractivity contribution in [2.24, 2.45) is 0 Å². The third-order valence-electron chi connectivity index (χ3n) is 6.58. The third-order valence-corrected chi connectivity index (χ3v) is 11.1. The van der Waals surface area contributed by atoms with Crippen molar-refractivity contribution in [3.05, 3.63) is 55.1 Å². The van der Waals surface area contributed by atoms with Gasteiger partial charge in [0.2, 0.25) is 0 Å². The van der Waals surface area contributed by atoms with Crippen molar-refractivity contribution in [3.8, 4) is 32.0 Å². The molecule has 6 rings (SSSR count). The molecule has 0 atom stereocenters. The van der Waals surface area contributed by atoms with Gasteiger partial charge in [-0.1, -0.05) is 50.5 Å². The predicted molar refractivity (Wildman–Crippen MR) is 168 cm³/mol. The first-order valence-electron chi connectivity index (χ1n) is 12.1. The van der Waals surface area contributed by atoms with E-state index < -0.39 is 0 Å². The molecule has 37 heavy (non-hydrogen) atoms. The molecule has 0 aliphatic heterocycles. The van der Waals surface area contributed by atoms with E-state index in [2.05, 4.69) is 82.1 Å². The van der Waals surface area contributed by atoms with Crippen molar-refractivity contribution in [3.63, 3.8) is 0 Å². The quantitative estimate of drug-likeness (QED) is 0.149. The zero-order valence-corrected chi connectivity index (χ0v) is 26.6. The van der Waals surface area contributed by atoms with Crippen LogP contribution in [-0.2, 0) is 6.42 Å². The fraction of sp³-hybridized carbons (Fsp3) is 0.259. The van der Waals surface area contributed by atoms with E-state index >= 15 is 0 Å². The predicted octanol–water partition coefficient (Wildman–Crippen LogP) is 10.8. The minimum Gasteiger partial charge on any atom is -0.172 e. The number of benzene rings is 2. The van der Waals surface area contributed by atoms with Crippen molar-refractivity contribution in [1.29, 1.82) is 0 Å². The highest BCUT2D eigenvalue weighted by molar-refractivity contribution is 9.11. The number of hydrogen-bond acceptors (Lipinski definition) is 8. The Labute approximate surface area is 248 Å². The molecule has 0 aliphatic rings. The van der Waals surface area contributed by atoms with Gasteiger partial charge in [0.05, 0.1) is 31.0 Å². The van der Waals surface area contributed by atoms with Gasteiger partial charge in [0.25, 0.3) is 0 Å². The van der Waals surface area contributed by atoms with Gasteiger partial charge < -0.3 is 0 Å². The minimum atomic E-state index is 0.920. The SMILES string of the molecule is CCCCCCc1cc(Br)sc1-c1ccc(-c2ccc(-c3sc(Br)cc3C)c3nsnc23)c2nsnc12. The molecule has 2 aromatic carbocycles. The molecule has 4 aromatic heterocycles. The summed E-state index contributed by atoms with van der Waals surface area (Å²) in [5.74, 6) is 0. The van der Waals surface area contributed by atoms with Gasteiger partial charge in [-0.15, -0.1) is 22.7 Å². The lowest BCUT2D eigenvalue weighted by Gasteiger charge is -2.10. The molecule has 4 heterocycles. The number of nitrogens with zero attached hydrogens (tertiary/aromatic N) is 4. The molecule has 10 heteroatoms. The minimum absolute atomic E-state index is 0.920. The fourth-order valence-electron chi connectivity index (χ4n) is 4.80. The largest absolute Gasteiger partial charge is 0.172 e. The van der Waals surface area contributed by atoms with Crippen molar-refractivity contribution in [2.45, 2.75) is 46.0 Å². The molecule has 0 spiro atoms. The average Bonchev–Trinajstić information content (AvgIpc) is 3.68. The van der Waals surface area contributed by atoms with Crippen LogP contribution in [0.1, 0.15) is 43.7 Å². The lowest BCUT2D eigenvalue weighted by atomic mass is 9.96. The van der Waals surface area contributed by atoms with E-state index in [4.69, 9.17) is 17.5 Å². The highest BCUT2D eigenvalue weighted by Gasteiger charge is 2.21. The molecule has 0 amide bonds. The second kappa shape index (κ2) is 10.9. The number of halogens is 2. The van der Waals surface area contributed by atoms with Crippen LogP contribution in [0.3, 0.4) is 0 Å². The molecule has 0 unspecified atom stereocenters. The van der Waals surface area contributed by atoms with E-state index in [0.717, 1.165) is 58.3 Å². The van der Waals surface area contributed by atoms with Gasteiger partial charge in [0.1, 0.15) is 22.1 Å². The van der Waals surface area contributed by atoms with Gasteiger partial charge in [-0.3, -0.25) is 0 Å². The normalized spacial score (nSPS) is 11.8. The molecular formula is C27H22Br2N4S4. The molecule has 0 bridgehead atoms. The first kappa shape index (κ1) is 25.7. The average molecular weight is 691 g/mol. The maximum Gasteiger partial charge on any atom is 0.114 e. The highest BCUT2D eigenvalue weighted by atomic mass is 79.9. The number of aromatic nitrogens is 4. The Morgan fingerprint density at radius 2 is 1.16 bits per heavy atom. The summed E-state index contributed by atoms with van der Waals surface area (Å²) in [7, 11) is 0. The summed E-state index contributed by atoms with van der Waals surface area (Å²) >= 11 is 13.4. The summed E-state index contributed by atoms with van der Waals surface area (Å²) in [5.41, 5.74) is 10.8. The van der Waals surface area contributed by atoms with Crippen molar-refractivity contribution in [2.75, 3.05) is 0 Å². The molecule has 0 saturated carbocycles. The van der Waals surface area contributed by atoms with E-state index in [1.54, 1.807) is 22.7 Å². The number of thiophene rings is 2. The summed E-state index contributed by atoms with van der Waals surface area (Å²) < 4.78 is 21.3. The Morgan fingerprint density at radius 3 is 1.73 bits per heavy atom. The van der Waals surface area contributed by atoms with Gasteiger partial charge in [0, 0.05) is 32.0 Å². The fourth-order valence-corrected chi connectivity index (χ4v) is 9.42. The van der Waals surface area contributed by atoms with Gasteiger partial charge in [-0.05, 0) is 74.9 Å². The van der Waals surface area contributed by atoms with E-state index in [-0.39, 0.29) is 0 Å². The monoisotopic (exact) mass is 688 g/mol. The Balaban J connectivity index is 1.45. The Morgan fingerprint density at radius 1 is 0.649 bits per heavy atom. The van der Waals surface area contributed by atoms with Crippen molar-refractivity contribution in [1.82, 2.24) is 17.5 Å². The Kier molecular flexibility index (Phi) is 7.57. The Bertz CT molecular complexity index is 1730. The van der Waals surface area contributed by atoms with E-state index in [0.29, 0.717) is 0 Å². The van der Waals surface area contributed by atoms with E-state index in [9.17, 15) is 0 Å². The van der Waals surface area contributed by atoms with Crippen LogP contribution in [0.25, 0.3) is 54.1 Å². The summed E-state index contributed by atoms with van der Waals surface area (Å²) in [6.45, 7) is 4.39. The summed E-state index contributed by atoms with van der Waals surface area (Å²) in [6, 6.07) is 13.2. The van der Waals surface area contributed by atoms with Crippen LogP contribution < -0.4 is 0 Å². The van der Waals surface area contributed by atoms with E-state index in [1.807, 2.05) is 0 Å². The second-order valence-electron chi connectivity index (χ2n) is 9.02. The molecular weight excluding hydrogens is 668 g/mol. The molecule has 0 fully saturated rings. The van der Waals surface area contributed by atoms with Crippen LogP contribution in [0.5, 0.6) is 0 Å². The van der Waals surface area contributed by atoms with Crippen LogP contribution in [0.15, 0.2) is 44.0 Å². The lowest BCUT2D eigenvalue weighted by Crippen LogP contribution is -1.90. The van der Waals surface area contributed by atoms with Crippen molar-refractivity contribution < 1.29 is 0 Å². The molecule has 188 valence electrons. The molecule has 0 radical (unpaired) electrons. The number of fused-ring (bicyclic) bond motifs is 2. The summed E-state index contributed by atoms with van der Waals surface area (Å²) in [4.78, 5) is 2.52. The molecule has 6 aromatic rings. The lowest BCUT2D eigenvalue weighted by molar-refractivity contribution is 0.668. The van der Waals surface area contributed by atoms with Crippen LogP contribution in [-0.4, -0.2) is 17.5 Å². The standard InChI is InChI=1S/C27H22Br2N4S4/c1-3-4-5-6-7-15-13-21(29)35-27(15)19-11-9-17(23-25(19)33-37-31-23)16-8-10-18(24-22(16)30-36-32-24)26-14(2)12-20(28)34-26/h8-13H,3-7H2,1-2H3. The smallest absolute Gasteiger partial charge is 0.114 e. The van der Waals surface area contributed by atoms with Crippen LogP contribution in [0.2, 0.25) is 0 Å². The Hall–Kier alpha value is -1.56. The first-order chi connectivity index (χ1) is 18.0. The number of hydrogen-bond donors (Lipinski definition) is 0. The van der Waals surface area contributed by atoms with E-state index in [1.165, 1.54) is 70.0 Å². The molecule has 0 aliphatic carbocycles. The van der Waals surface area contributed by atoms with Crippen LogP contribution in [0.4, 0.5) is 0 Å². The van der Waals surface area contributed by atoms with Crippen LogP contribution in [0, 0.1) is 6.92 Å². The van der Waals surface area contributed by atoms with Gasteiger partial charge in [0.15, 0.2) is 0 Å². The van der Waals surface area contributed by atoms with Crippen molar-refractivity contribution >= 4 is 100 Å². The molecule has 4 nitrogen and oxygen atoms in total. The second-order valence-corrected chi connectivity index (χ2v) is 14.9. The van der Waals surface area contributed by atoms with Gasteiger partial charge in [-0.25, -0.2) is 0 Å².